The molecule has 1 atom stereocenters. The highest BCUT2D eigenvalue weighted by Crippen LogP contribution is 2.38. The molecule has 0 amide bonds. The van der Waals surface area contributed by atoms with Crippen molar-refractivity contribution in [1.29, 1.82) is 0 Å². The summed E-state index contributed by atoms with van der Waals surface area (Å²) < 4.78 is 28.8. The summed E-state index contributed by atoms with van der Waals surface area (Å²) in [7, 11) is -1.86. The van der Waals surface area contributed by atoms with Gasteiger partial charge in [0.2, 0.25) is 5.03 Å². The second kappa shape index (κ2) is 5.31. The predicted octanol–water partition coefficient (Wildman–Crippen LogP) is 2.42. The Hall–Kier alpha value is -0.590. The SMILES string of the molecule is Cn1cnc(S(=O)(=O)N2CCCC2C2CCCC2)c1Cl. The van der Waals surface area contributed by atoms with E-state index < -0.39 is 10.0 Å². The summed E-state index contributed by atoms with van der Waals surface area (Å²) >= 11 is 6.07. The van der Waals surface area contributed by atoms with Gasteiger partial charge in [-0.05, 0) is 31.6 Å². The summed E-state index contributed by atoms with van der Waals surface area (Å²) in [5.41, 5.74) is 0. The van der Waals surface area contributed by atoms with Crippen molar-refractivity contribution < 1.29 is 8.42 Å². The Kier molecular flexibility index (Phi) is 3.81. The molecule has 1 saturated carbocycles. The smallest absolute Gasteiger partial charge is 0.263 e. The van der Waals surface area contributed by atoms with Crippen molar-refractivity contribution in [3.8, 4) is 0 Å². The van der Waals surface area contributed by atoms with Gasteiger partial charge in [0.15, 0.2) is 0 Å². The Morgan fingerprint density at radius 3 is 2.55 bits per heavy atom. The molecule has 5 nitrogen and oxygen atoms in total. The molecule has 2 fully saturated rings. The Morgan fingerprint density at radius 2 is 1.95 bits per heavy atom. The first kappa shape index (κ1) is 14.4. The second-order valence-corrected chi connectivity index (χ2v) is 7.99. The third-order valence-electron chi connectivity index (χ3n) is 4.58. The quantitative estimate of drug-likeness (QED) is 0.860. The van der Waals surface area contributed by atoms with Crippen LogP contribution < -0.4 is 0 Å². The fraction of sp³-hybridized carbons (Fsp3) is 0.769. The van der Waals surface area contributed by atoms with Crippen LogP contribution in [0.25, 0.3) is 0 Å². The van der Waals surface area contributed by atoms with E-state index in [0.717, 1.165) is 25.7 Å². The number of hydrogen-bond acceptors (Lipinski definition) is 3. The lowest BCUT2D eigenvalue weighted by Crippen LogP contribution is -2.39. The molecule has 0 bridgehead atoms. The van der Waals surface area contributed by atoms with E-state index in [2.05, 4.69) is 4.98 Å². The summed E-state index contributed by atoms with van der Waals surface area (Å²) in [6.45, 7) is 0.594. The molecule has 7 heteroatoms. The fourth-order valence-corrected chi connectivity index (χ4v) is 5.70. The third-order valence-corrected chi connectivity index (χ3v) is 7.00. The van der Waals surface area contributed by atoms with Crippen LogP contribution in [0.2, 0.25) is 5.15 Å². The molecule has 0 spiro atoms. The van der Waals surface area contributed by atoms with Gasteiger partial charge in [-0.2, -0.15) is 4.31 Å². The van der Waals surface area contributed by atoms with E-state index in [-0.39, 0.29) is 16.2 Å². The molecule has 0 radical (unpaired) electrons. The van der Waals surface area contributed by atoms with Gasteiger partial charge in [0, 0.05) is 19.6 Å². The van der Waals surface area contributed by atoms with E-state index in [1.54, 1.807) is 11.4 Å². The van der Waals surface area contributed by atoms with Crippen LogP contribution in [0.4, 0.5) is 0 Å². The summed E-state index contributed by atoms with van der Waals surface area (Å²) in [5, 5.41) is 0.202. The van der Waals surface area contributed by atoms with Crippen LogP contribution in [0.1, 0.15) is 38.5 Å². The van der Waals surface area contributed by atoms with Gasteiger partial charge in [-0.25, -0.2) is 13.4 Å². The van der Waals surface area contributed by atoms with Crippen LogP contribution in [0, 0.1) is 5.92 Å². The monoisotopic (exact) mass is 317 g/mol. The van der Waals surface area contributed by atoms with Crippen molar-refractivity contribution >= 4 is 21.6 Å². The van der Waals surface area contributed by atoms with Crippen molar-refractivity contribution in [3.05, 3.63) is 11.5 Å². The molecule has 1 unspecified atom stereocenters. The average Bonchev–Trinajstić information content (AvgIpc) is 3.11. The number of hydrogen-bond donors (Lipinski definition) is 0. The van der Waals surface area contributed by atoms with E-state index >= 15 is 0 Å². The van der Waals surface area contributed by atoms with Crippen LogP contribution in [0.3, 0.4) is 0 Å². The molecule has 1 saturated heterocycles. The molecule has 1 aliphatic carbocycles. The molecule has 2 heterocycles. The highest BCUT2D eigenvalue weighted by Gasteiger charge is 2.42. The second-order valence-electron chi connectivity index (χ2n) is 5.82. The van der Waals surface area contributed by atoms with E-state index in [4.69, 9.17) is 11.6 Å². The molecule has 1 aromatic heterocycles. The molecule has 112 valence electrons. The van der Waals surface area contributed by atoms with Crippen molar-refractivity contribution in [1.82, 2.24) is 13.9 Å². The van der Waals surface area contributed by atoms with Gasteiger partial charge in [-0.3, -0.25) is 0 Å². The van der Waals surface area contributed by atoms with Crippen LogP contribution in [0.15, 0.2) is 11.4 Å². The van der Waals surface area contributed by atoms with Gasteiger partial charge in [0.05, 0.1) is 6.33 Å². The van der Waals surface area contributed by atoms with Crippen LogP contribution in [-0.4, -0.2) is 34.9 Å². The Balaban J connectivity index is 1.92. The van der Waals surface area contributed by atoms with Gasteiger partial charge in [-0.1, -0.05) is 24.4 Å². The molecule has 20 heavy (non-hydrogen) atoms. The lowest BCUT2D eigenvalue weighted by atomic mass is 9.97. The number of rotatable bonds is 3. The molecular formula is C13H20ClN3O2S. The first-order valence-electron chi connectivity index (χ1n) is 7.20. The van der Waals surface area contributed by atoms with Crippen LogP contribution in [-0.2, 0) is 17.1 Å². The van der Waals surface area contributed by atoms with Gasteiger partial charge < -0.3 is 4.57 Å². The highest BCUT2D eigenvalue weighted by atomic mass is 35.5. The van der Waals surface area contributed by atoms with Crippen molar-refractivity contribution in [2.24, 2.45) is 13.0 Å². The molecular weight excluding hydrogens is 298 g/mol. The number of aryl methyl sites for hydroxylation is 1. The molecule has 2 aliphatic rings. The standard InChI is InChI=1S/C13H20ClN3O2S/c1-16-9-15-13(12(16)14)20(18,19)17-8-4-7-11(17)10-5-2-3-6-10/h9-11H,2-8H2,1H3. The zero-order valence-electron chi connectivity index (χ0n) is 11.6. The van der Waals surface area contributed by atoms with E-state index in [1.165, 1.54) is 23.7 Å². The lowest BCUT2D eigenvalue weighted by Gasteiger charge is -2.28. The molecule has 3 rings (SSSR count). The number of nitrogens with zero attached hydrogens (tertiary/aromatic N) is 3. The number of halogens is 1. The van der Waals surface area contributed by atoms with Gasteiger partial charge in [0.1, 0.15) is 5.15 Å². The van der Waals surface area contributed by atoms with Crippen LogP contribution in [0.5, 0.6) is 0 Å². The number of sulfonamides is 1. The zero-order chi connectivity index (χ0) is 14.3. The normalized spacial score (nSPS) is 25.6. The van der Waals surface area contributed by atoms with E-state index in [0.29, 0.717) is 12.5 Å². The molecule has 1 aliphatic heterocycles. The summed E-state index contributed by atoms with van der Waals surface area (Å²) in [6, 6.07) is 0.139. The first-order chi connectivity index (χ1) is 9.51. The minimum atomic E-state index is -3.57. The highest BCUT2D eigenvalue weighted by molar-refractivity contribution is 7.89. The average molecular weight is 318 g/mol. The van der Waals surface area contributed by atoms with Crippen molar-refractivity contribution in [2.75, 3.05) is 6.54 Å². The van der Waals surface area contributed by atoms with Gasteiger partial charge in [0.25, 0.3) is 10.0 Å². The van der Waals surface area contributed by atoms with E-state index in [9.17, 15) is 8.42 Å². The molecule has 0 N–H and O–H groups in total. The Morgan fingerprint density at radius 1 is 1.25 bits per heavy atom. The van der Waals surface area contributed by atoms with Gasteiger partial charge >= 0.3 is 0 Å². The number of imidazole rings is 1. The summed E-state index contributed by atoms with van der Waals surface area (Å²) in [5.74, 6) is 0.509. The lowest BCUT2D eigenvalue weighted by molar-refractivity contribution is 0.287. The topological polar surface area (TPSA) is 55.2 Å². The fourth-order valence-electron chi connectivity index (χ4n) is 3.56. The maximum absolute atomic E-state index is 12.8. The predicted molar refractivity (Wildman–Crippen MR) is 77.1 cm³/mol. The minimum absolute atomic E-state index is 0.00608. The number of aromatic nitrogens is 2. The minimum Gasteiger partial charge on any atom is -0.324 e. The maximum atomic E-state index is 12.8. The summed E-state index contributed by atoms with van der Waals surface area (Å²) in [6.07, 6.45) is 8.09. The third kappa shape index (κ3) is 2.27. The summed E-state index contributed by atoms with van der Waals surface area (Å²) in [4.78, 5) is 3.99. The largest absolute Gasteiger partial charge is 0.324 e. The molecule has 0 aromatic carbocycles. The first-order valence-corrected chi connectivity index (χ1v) is 9.02. The maximum Gasteiger partial charge on any atom is 0.263 e. The Bertz CT molecular complexity index is 593. The van der Waals surface area contributed by atoms with Crippen LogP contribution >= 0.6 is 11.6 Å². The van der Waals surface area contributed by atoms with Gasteiger partial charge in [-0.15, -0.1) is 0 Å². The molecule has 1 aromatic rings. The van der Waals surface area contributed by atoms with E-state index in [1.807, 2.05) is 0 Å². The van der Waals surface area contributed by atoms with Crippen molar-refractivity contribution in [3.63, 3.8) is 0 Å². The van der Waals surface area contributed by atoms with Crippen molar-refractivity contribution in [2.45, 2.75) is 49.6 Å². The Labute approximate surface area is 125 Å². The zero-order valence-corrected chi connectivity index (χ0v) is 13.2.